The lowest BCUT2D eigenvalue weighted by atomic mass is 9.84. The highest BCUT2D eigenvalue weighted by molar-refractivity contribution is 6.04. The molecule has 0 radical (unpaired) electrons. The molecule has 0 amide bonds. The van der Waals surface area contributed by atoms with E-state index in [1.54, 1.807) is 0 Å². The van der Waals surface area contributed by atoms with E-state index in [0.29, 0.717) is 11.1 Å². The first-order chi connectivity index (χ1) is 14.9. The van der Waals surface area contributed by atoms with Crippen LogP contribution in [0.3, 0.4) is 0 Å². The van der Waals surface area contributed by atoms with Crippen LogP contribution in [0.4, 0.5) is 0 Å². The van der Waals surface area contributed by atoms with Crippen molar-refractivity contribution in [3.8, 4) is 0 Å². The number of carbonyl (C=O) groups is 2. The standard InChI is InChI=1S/C25H27NO5/c1-15-17-11-10-16(7-6-12-25(2)22(31-25)21(17)30-23(15)27)14-29-24(28)19-13-26(3)20-9-5-4-8-18(19)20/h4-5,7-9,13,17,21-22H,1,6,10-12,14H2,2-3H3/b16-7-/t17-,21-,22-,25+/m0/s1. The van der Waals surface area contributed by atoms with Gasteiger partial charge in [-0.15, -0.1) is 0 Å². The predicted molar refractivity (Wildman–Crippen MR) is 116 cm³/mol. The summed E-state index contributed by atoms with van der Waals surface area (Å²) in [6.07, 6.45) is 6.78. The molecule has 1 aromatic carbocycles. The summed E-state index contributed by atoms with van der Waals surface area (Å²) >= 11 is 0. The van der Waals surface area contributed by atoms with Crippen molar-refractivity contribution in [1.82, 2.24) is 4.57 Å². The fourth-order valence-electron chi connectivity index (χ4n) is 4.99. The number of aryl methyl sites for hydroxylation is 1. The monoisotopic (exact) mass is 421 g/mol. The van der Waals surface area contributed by atoms with Crippen molar-refractivity contribution in [2.75, 3.05) is 6.61 Å². The molecule has 2 saturated heterocycles. The third-order valence-corrected chi connectivity index (χ3v) is 6.94. The van der Waals surface area contributed by atoms with Gasteiger partial charge in [0.25, 0.3) is 0 Å². The van der Waals surface area contributed by atoms with Crippen molar-refractivity contribution in [2.24, 2.45) is 13.0 Å². The number of epoxide rings is 1. The summed E-state index contributed by atoms with van der Waals surface area (Å²) in [6, 6.07) is 7.79. The second-order valence-corrected chi connectivity index (χ2v) is 9.04. The highest BCUT2D eigenvalue weighted by Crippen LogP contribution is 2.49. The topological polar surface area (TPSA) is 70.1 Å². The smallest absolute Gasteiger partial charge is 0.340 e. The molecule has 0 saturated carbocycles. The second kappa shape index (κ2) is 7.38. The highest BCUT2D eigenvalue weighted by Gasteiger charge is 2.61. The van der Waals surface area contributed by atoms with E-state index < -0.39 is 0 Å². The Kier molecular flexibility index (Phi) is 4.77. The van der Waals surface area contributed by atoms with Gasteiger partial charge in [0.2, 0.25) is 0 Å². The molecule has 1 aromatic heterocycles. The van der Waals surface area contributed by atoms with Crippen LogP contribution in [0.15, 0.2) is 54.3 Å². The number of ether oxygens (including phenoxy) is 3. The minimum absolute atomic E-state index is 0.0557. The summed E-state index contributed by atoms with van der Waals surface area (Å²) in [4.78, 5) is 24.9. The van der Waals surface area contributed by atoms with Gasteiger partial charge in [-0.05, 0) is 44.2 Å². The molecule has 0 unspecified atom stereocenters. The number of hydrogen-bond acceptors (Lipinski definition) is 5. The summed E-state index contributed by atoms with van der Waals surface area (Å²) < 4.78 is 19.2. The van der Waals surface area contributed by atoms with E-state index in [0.717, 1.165) is 42.2 Å². The number of benzene rings is 1. The van der Waals surface area contributed by atoms with Crippen molar-refractivity contribution in [3.63, 3.8) is 0 Å². The Labute approximate surface area is 181 Å². The van der Waals surface area contributed by atoms with Crippen LogP contribution in [0.2, 0.25) is 0 Å². The van der Waals surface area contributed by atoms with E-state index >= 15 is 0 Å². The minimum Gasteiger partial charge on any atom is -0.458 e. The van der Waals surface area contributed by atoms with Gasteiger partial charge in [0.05, 0.1) is 11.2 Å². The van der Waals surface area contributed by atoms with Crippen molar-refractivity contribution in [2.45, 2.75) is 50.4 Å². The Hall–Kier alpha value is -2.86. The summed E-state index contributed by atoms with van der Waals surface area (Å²) in [6.45, 7) is 6.26. The van der Waals surface area contributed by atoms with Crippen LogP contribution in [-0.2, 0) is 26.1 Å². The number of hydrogen-bond donors (Lipinski definition) is 0. The van der Waals surface area contributed by atoms with Gasteiger partial charge in [-0.2, -0.15) is 0 Å². The maximum atomic E-state index is 12.8. The number of para-hydroxylation sites is 1. The van der Waals surface area contributed by atoms with Crippen LogP contribution < -0.4 is 0 Å². The molecule has 31 heavy (non-hydrogen) atoms. The molecule has 2 fully saturated rings. The first kappa shape index (κ1) is 20.1. The van der Waals surface area contributed by atoms with Crippen LogP contribution in [0.1, 0.15) is 43.0 Å². The van der Waals surface area contributed by atoms with Gasteiger partial charge >= 0.3 is 11.9 Å². The van der Waals surface area contributed by atoms with Crippen LogP contribution >= 0.6 is 0 Å². The number of esters is 2. The van der Waals surface area contributed by atoms with Crippen molar-refractivity contribution >= 4 is 22.8 Å². The molecular formula is C25H27NO5. The number of nitrogens with zero attached hydrogens (tertiary/aromatic N) is 1. The number of aromatic nitrogens is 1. The molecule has 3 heterocycles. The lowest BCUT2D eigenvalue weighted by molar-refractivity contribution is -0.140. The van der Waals surface area contributed by atoms with Crippen molar-refractivity contribution in [1.29, 1.82) is 0 Å². The fourth-order valence-corrected chi connectivity index (χ4v) is 4.99. The maximum absolute atomic E-state index is 12.8. The zero-order valence-corrected chi connectivity index (χ0v) is 17.9. The van der Waals surface area contributed by atoms with Crippen molar-refractivity contribution in [3.05, 3.63) is 59.8 Å². The maximum Gasteiger partial charge on any atom is 0.340 e. The predicted octanol–water partition coefficient (Wildman–Crippen LogP) is 4.09. The molecule has 4 atom stereocenters. The molecule has 2 aromatic rings. The van der Waals surface area contributed by atoms with E-state index in [1.807, 2.05) is 42.1 Å². The van der Waals surface area contributed by atoms with Gasteiger partial charge in [-0.25, -0.2) is 9.59 Å². The minimum atomic E-state index is -0.325. The van der Waals surface area contributed by atoms with Crippen LogP contribution in [-0.4, -0.2) is 40.9 Å². The third kappa shape index (κ3) is 3.49. The molecule has 162 valence electrons. The number of allylic oxidation sites excluding steroid dienone is 1. The molecular weight excluding hydrogens is 394 g/mol. The fraction of sp³-hybridized carbons (Fsp3) is 0.440. The van der Waals surface area contributed by atoms with E-state index in [4.69, 9.17) is 14.2 Å². The van der Waals surface area contributed by atoms with Gasteiger partial charge in [0.15, 0.2) is 0 Å². The molecule has 6 nitrogen and oxygen atoms in total. The number of carbonyl (C=O) groups excluding carboxylic acids is 2. The van der Waals surface area contributed by atoms with Gasteiger partial charge in [0.1, 0.15) is 18.8 Å². The first-order valence-corrected chi connectivity index (χ1v) is 10.8. The lowest BCUT2D eigenvalue weighted by Gasteiger charge is -2.20. The van der Waals surface area contributed by atoms with Gasteiger partial charge in [-0.1, -0.05) is 30.9 Å². The normalized spacial score (nSPS) is 31.9. The largest absolute Gasteiger partial charge is 0.458 e. The quantitative estimate of drug-likeness (QED) is 0.323. The molecule has 0 bridgehead atoms. The Morgan fingerprint density at radius 2 is 2.16 bits per heavy atom. The summed E-state index contributed by atoms with van der Waals surface area (Å²) in [7, 11) is 1.92. The summed E-state index contributed by atoms with van der Waals surface area (Å²) in [5.41, 5.74) is 2.88. The molecule has 0 spiro atoms. The first-order valence-electron chi connectivity index (χ1n) is 10.8. The Morgan fingerprint density at radius 1 is 1.35 bits per heavy atom. The van der Waals surface area contributed by atoms with Crippen LogP contribution in [0.25, 0.3) is 10.9 Å². The molecule has 0 N–H and O–H groups in total. The molecule has 2 aliphatic heterocycles. The molecule has 6 heteroatoms. The molecule has 1 aliphatic carbocycles. The van der Waals surface area contributed by atoms with E-state index in [9.17, 15) is 9.59 Å². The third-order valence-electron chi connectivity index (χ3n) is 6.94. The van der Waals surface area contributed by atoms with Crippen LogP contribution in [0, 0.1) is 5.92 Å². The van der Waals surface area contributed by atoms with E-state index in [-0.39, 0.29) is 42.3 Å². The zero-order chi connectivity index (χ0) is 21.8. The Bertz CT molecular complexity index is 1110. The van der Waals surface area contributed by atoms with E-state index in [1.165, 1.54) is 0 Å². The number of fused-ring (bicyclic) bond motifs is 4. The van der Waals surface area contributed by atoms with Gasteiger partial charge < -0.3 is 18.8 Å². The van der Waals surface area contributed by atoms with Crippen molar-refractivity contribution < 1.29 is 23.8 Å². The summed E-state index contributed by atoms with van der Waals surface area (Å²) in [5, 5.41) is 0.889. The Balaban J connectivity index is 1.31. The van der Waals surface area contributed by atoms with Crippen LogP contribution in [0.5, 0.6) is 0 Å². The van der Waals surface area contributed by atoms with Gasteiger partial charge in [-0.3, -0.25) is 0 Å². The zero-order valence-electron chi connectivity index (χ0n) is 17.9. The highest BCUT2D eigenvalue weighted by atomic mass is 16.6. The Morgan fingerprint density at radius 3 is 3.00 bits per heavy atom. The lowest BCUT2D eigenvalue weighted by Crippen LogP contribution is -2.29. The second-order valence-electron chi connectivity index (χ2n) is 9.04. The average Bonchev–Trinajstić information content (AvgIpc) is 3.19. The average molecular weight is 421 g/mol. The molecule has 5 rings (SSSR count). The number of rotatable bonds is 3. The SMILES string of the molecule is C=C1C(=O)O[C@H]2[C@H]1CC/C(COC(=O)c1cn(C)c3ccccc13)=C/CC[C@@]1(C)O[C@@H]21. The van der Waals surface area contributed by atoms with Gasteiger partial charge in [0, 0.05) is 35.6 Å². The molecule has 3 aliphatic rings. The van der Waals surface area contributed by atoms with E-state index in [2.05, 4.69) is 19.6 Å². The summed E-state index contributed by atoms with van der Waals surface area (Å²) in [5.74, 6) is -0.705.